The van der Waals surface area contributed by atoms with E-state index in [2.05, 4.69) is 18.4 Å². The summed E-state index contributed by atoms with van der Waals surface area (Å²) in [6, 6.07) is 10.7. The maximum atomic E-state index is 11.4. The molecule has 1 amide bonds. The number of ether oxygens (including phenoxy) is 1. The number of hydrogen-bond donors (Lipinski definition) is 1. The first-order chi connectivity index (χ1) is 8.47. The van der Waals surface area contributed by atoms with Crippen LogP contribution in [-0.2, 0) is 11.3 Å². The van der Waals surface area contributed by atoms with Gasteiger partial charge >= 0.3 is 6.09 Å². The lowest BCUT2D eigenvalue weighted by molar-refractivity contribution is 0.145. The maximum Gasteiger partial charge on any atom is 0.407 e. The van der Waals surface area contributed by atoms with Crippen molar-refractivity contribution in [3.05, 3.63) is 35.9 Å². The molecule has 1 N–H and O–H groups in total. The van der Waals surface area contributed by atoms with Crippen LogP contribution in [0.5, 0.6) is 0 Å². The smallest absolute Gasteiger partial charge is 0.407 e. The van der Waals surface area contributed by atoms with Gasteiger partial charge in [0.25, 0.3) is 0 Å². The van der Waals surface area contributed by atoms with E-state index in [1.807, 2.05) is 30.3 Å². The summed E-state index contributed by atoms with van der Waals surface area (Å²) in [5, 5.41) is 2.71. The molecule has 0 heterocycles. The molecule has 0 fully saturated rings. The number of halogens is 1. The van der Waals surface area contributed by atoms with Gasteiger partial charge in [0.2, 0.25) is 0 Å². The predicted molar refractivity (Wildman–Crippen MR) is 77.4 cm³/mol. The van der Waals surface area contributed by atoms with E-state index in [1.54, 1.807) is 0 Å². The van der Waals surface area contributed by atoms with Crippen LogP contribution in [0.3, 0.4) is 0 Å². The number of benzene rings is 1. The molecule has 0 aliphatic rings. The highest BCUT2D eigenvalue weighted by molar-refractivity contribution is 7.19. The molecule has 3 nitrogen and oxygen atoms in total. The normalized spacial score (nSPS) is 11.1. The molecule has 0 spiro atoms. The second kappa shape index (κ2) is 7.44. The van der Waals surface area contributed by atoms with E-state index in [-0.39, 0.29) is 6.09 Å². The third-order valence-corrected chi connectivity index (χ3v) is 4.54. The molecule has 0 atom stereocenters. The molecule has 0 aromatic heterocycles. The summed E-state index contributed by atoms with van der Waals surface area (Å²) in [6.45, 7) is 5.10. The minimum atomic E-state index is -1.54. The molecule has 0 aliphatic heterocycles. The summed E-state index contributed by atoms with van der Waals surface area (Å²) < 4.78 is 5.07. The molecule has 0 radical (unpaired) electrons. The second-order valence-electron chi connectivity index (χ2n) is 4.80. The average Bonchev–Trinajstić information content (AvgIpc) is 2.32. The molecule has 0 saturated heterocycles. The number of rotatable bonds is 6. The predicted octanol–water partition coefficient (Wildman–Crippen LogP) is 3.75. The van der Waals surface area contributed by atoms with Crippen LogP contribution in [0, 0.1) is 0 Å². The highest BCUT2D eigenvalue weighted by atomic mass is 35.6. The number of carbonyl (C=O) groups is 1. The molecule has 1 aromatic rings. The van der Waals surface area contributed by atoms with Crippen LogP contribution >= 0.6 is 11.1 Å². The van der Waals surface area contributed by atoms with E-state index in [0.717, 1.165) is 18.0 Å². The molecule has 0 saturated carbocycles. The van der Waals surface area contributed by atoms with Crippen LogP contribution in [-0.4, -0.2) is 20.1 Å². The van der Waals surface area contributed by atoms with Crippen LogP contribution in [0.4, 0.5) is 4.79 Å². The third-order valence-electron chi connectivity index (χ3n) is 2.43. The van der Waals surface area contributed by atoms with Crippen LogP contribution in [0.25, 0.3) is 0 Å². The van der Waals surface area contributed by atoms with Gasteiger partial charge < -0.3 is 10.1 Å². The molecule has 5 heteroatoms. The second-order valence-corrected chi connectivity index (χ2v) is 11.8. The van der Waals surface area contributed by atoms with Crippen LogP contribution in [0.2, 0.25) is 19.1 Å². The van der Waals surface area contributed by atoms with Gasteiger partial charge in [-0.2, -0.15) is 11.1 Å². The van der Waals surface area contributed by atoms with Crippen molar-refractivity contribution in [2.24, 2.45) is 0 Å². The lowest BCUT2D eigenvalue weighted by atomic mass is 10.2. The molecule has 0 bridgehead atoms. The van der Waals surface area contributed by atoms with E-state index < -0.39 is 7.38 Å². The van der Waals surface area contributed by atoms with Crippen LogP contribution < -0.4 is 5.32 Å². The first-order valence-corrected chi connectivity index (χ1v) is 10.3. The van der Waals surface area contributed by atoms with Gasteiger partial charge in [-0.05, 0) is 18.0 Å². The maximum absolute atomic E-state index is 11.4. The Bertz CT molecular complexity index is 365. The third kappa shape index (κ3) is 7.35. The minimum absolute atomic E-state index is 0.368. The number of alkyl carbamates (subject to hydrolysis) is 1. The Morgan fingerprint density at radius 1 is 1.33 bits per heavy atom. The molecule has 0 aliphatic carbocycles. The van der Waals surface area contributed by atoms with Gasteiger partial charge in [0.1, 0.15) is 0 Å². The van der Waals surface area contributed by atoms with Gasteiger partial charge in [0, 0.05) is 6.54 Å². The van der Waals surface area contributed by atoms with Gasteiger partial charge in [0.15, 0.2) is 7.38 Å². The summed E-state index contributed by atoms with van der Waals surface area (Å²) in [5.41, 5.74) is 1.06. The Morgan fingerprint density at radius 2 is 2.00 bits per heavy atom. The summed E-state index contributed by atoms with van der Waals surface area (Å²) in [7, 11) is -1.54. The zero-order valence-electron chi connectivity index (χ0n) is 10.9. The van der Waals surface area contributed by atoms with Crippen molar-refractivity contribution >= 4 is 24.6 Å². The zero-order valence-corrected chi connectivity index (χ0v) is 12.7. The van der Waals surface area contributed by atoms with Gasteiger partial charge in [-0.15, -0.1) is 0 Å². The minimum Gasteiger partial charge on any atom is -0.450 e. The van der Waals surface area contributed by atoms with Crippen molar-refractivity contribution in [3.8, 4) is 0 Å². The Hall–Kier alpha value is -1.00. The molecule has 1 aromatic carbocycles. The standard InChI is InChI=1S/C13H20ClNO2Si/c1-18(2,14)10-6-9-17-13(16)15-11-12-7-4-3-5-8-12/h3-5,7-8H,6,9-11H2,1-2H3,(H,15,16). The summed E-state index contributed by atoms with van der Waals surface area (Å²) in [6.07, 6.45) is 0.467. The highest BCUT2D eigenvalue weighted by Gasteiger charge is 2.16. The largest absolute Gasteiger partial charge is 0.450 e. The van der Waals surface area contributed by atoms with Crippen LogP contribution in [0.1, 0.15) is 12.0 Å². The quantitative estimate of drug-likeness (QED) is 0.491. The Labute approximate surface area is 114 Å². The Morgan fingerprint density at radius 3 is 2.61 bits per heavy atom. The fourth-order valence-corrected chi connectivity index (χ4v) is 2.86. The lowest BCUT2D eigenvalue weighted by Gasteiger charge is -2.12. The van der Waals surface area contributed by atoms with Crippen molar-refractivity contribution in [2.75, 3.05) is 6.61 Å². The fraction of sp³-hybridized carbons (Fsp3) is 0.462. The van der Waals surface area contributed by atoms with Crippen molar-refractivity contribution in [3.63, 3.8) is 0 Å². The number of amides is 1. The zero-order chi connectivity index (χ0) is 13.4. The van der Waals surface area contributed by atoms with Gasteiger partial charge in [-0.25, -0.2) is 4.79 Å². The molecular weight excluding hydrogens is 266 g/mol. The van der Waals surface area contributed by atoms with E-state index >= 15 is 0 Å². The monoisotopic (exact) mass is 285 g/mol. The summed E-state index contributed by atoms with van der Waals surface area (Å²) >= 11 is 6.17. The summed E-state index contributed by atoms with van der Waals surface area (Å²) in [5.74, 6) is 0. The number of hydrogen-bond acceptors (Lipinski definition) is 2. The Kier molecular flexibility index (Phi) is 6.22. The van der Waals surface area contributed by atoms with Gasteiger partial charge in [-0.3, -0.25) is 0 Å². The van der Waals surface area contributed by atoms with Gasteiger partial charge in [-0.1, -0.05) is 43.4 Å². The molecule has 0 unspecified atom stereocenters. The van der Waals surface area contributed by atoms with Crippen molar-refractivity contribution < 1.29 is 9.53 Å². The fourth-order valence-electron chi connectivity index (χ4n) is 1.48. The van der Waals surface area contributed by atoms with E-state index in [0.29, 0.717) is 13.2 Å². The Balaban J connectivity index is 2.11. The molecule has 1 rings (SSSR count). The first kappa shape index (κ1) is 15.1. The number of carbonyl (C=O) groups excluding carboxylic acids is 1. The first-order valence-electron chi connectivity index (χ1n) is 6.11. The summed E-state index contributed by atoms with van der Waals surface area (Å²) in [4.78, 5) is 11.4. The molecule has 18 heavy (non-hydrogen) atoms. The number of nitrogens with one attached hydrogen (secondary N) is 1. The molecular formula is C13H20ClNO2Si. The van der Waals surface area contributed by atoms with E-state index in [9.17, 15) is 4.79 Å². The van der Waals surface area contributed by atoms with E-state index in [4.69, 9.17) is 15.8 Å². The van der Waals surface area contributed by atoms with Crippen molar-refractivity contribution in [1.82, 2.24) is 5.32 Å². The molecule has 100 valence electrons. The SMILES string of the molecule is C[Si](C)(Cl)CCCOC(=O)NCc1ccccc1. The van der Waals surface area contributed by atoms with Crippen molar-refractivity contribution in [1.29, 1.82) is 0 Å². The highest BCUT2D eigenvalue weighted by Crippen LogP contribution is 2.15. The van der Waals surface area contributed by atoms with Crippen LogP contribution in [0.15, 0.2) is 30.3 Å². The van der Waals surface area contributed by atoms with E-state index in [1.165, 1.54) is 0 Å². The van der Waals surface area contributed by atoms with Crippen molar-refractivity contribution in [2.45, 2.75) is 32.1 Å². The average molecular weight is 286 g/mol. The lowest BCUT2D eigenvalue weighted by Crippen LogP contribution is -2.25. The van der Waals surface area contributed by atoms with Gasteiger partial charge in [0.05, 0.1) is 6.61 Å². The topological polar surface area (TPSA) is 38.3 Å².